The van der Waals surface area contributed by atoms with E-state index < -0.39 is 0 Å². The first-order valence-electron chi connectivity index (χ1n) is 7.57. The van der Waals surface area contributed by atoms with E-state index in [0.29, 0.717) is 23.7 Å². The van der Waals surface area contributed by atoms with Crippen LogP contribution in [0.25, 0.3) is 0 Å². The summed E-state index contributed by atoms with van der Waals surface area (Å²) in [6.07, 6.45) is 1.65. The maximum absolute atomic E-state index is 12.3. The number of nitrogens with two attached hydrogens (primary N) is 1. The van der Waals surface area contributed by atoms with Crippen LogP contribution in [0.2, 0.25) is 0 Å². The van der Waals surface area contributed by atoms with Crippen LogP contribution in [0.3, 0.4) is 0 Å². The molecule has 2 rings (SSSR count). The first-order valence-corrected chi connectivity index (χ1v) is 7.57. The van der Waals surface area contributed by atoms with Crippen molar-refractivity contribution in [2.45, 2.75) is 12.8 Å². The lowest BCUT2D eigenvalue weighted by Crippen LogP contribution is -2.44. The molecular formula is C16H23N3O4. The molecule has 1 saturated heterocycles. The van der Waals surface area contributed by atoms with Gasteiger partial charge in [-0.2, -0.15) is 0 Å². The van der Waals surface area contributed by atoms with Crippen LogP contribution in [0.5, 0.6) is 11.5 Å². The summed E-state index contributed by atoms with van der Waals surface area (Å²) in [5.74, 6) is 0.551. The van der Waals surface area contributed by atoms with Crippen molar-refractivity contribution in [2.75, 3.05) is 39.2 Å². The average molecular weight is 321 g/mol. The number of hydrogen-bond acceptors (Lipinski definition) is 5. The van der Waals surface area contributed by atoms with Gasteiger partial charge in [0.15, 0.2) is 0 Å². The Bertz CT molecular complexity index is 576. The number of anilines is 1. The minimum Gasteiger partial charge on any atom is -0.497 e. The van der Waals surface area contributed by atoms with Crippen molar-refractivity contribution in [3.8, 4) is 11.5 Å². The van der Waals surface area contributed by atoms with Gasteiger partial charge in [0.2, 0.25) is 11.8 Å². The maximum Gasteiger partial charge on any atom is 0.238 e. The van der Waals surface area contributed by atoms with Crippen LogP contribution in [0, 0.1) is 5.92 Å². The van der Waals surface area contributed by atoms with Crippen molar-refractivity contribution in [1.82, 2.24) is 4.90 Å². The van der Waals surface area contributed by atoms with Gasteiger partial charge >= 0.3 is 0 Å². The molecule has 7 heteroatoms. The number of nitrogens with zero attached hydrogens (tertiary/aromatic N) is 1. The number of ether oxygens (including phenoxy) is 2. The molecule has 0 unspecified atom stereocenters. The first-order chi connectivity index (χ1) is 11.0. The average Bonchev–Trinajstić information content (AvgIpc) is 2.54. The molecule has 3 N–H and O–H groups in total. The van der Waals surface area contributed by atoms with E-state index in [9.17, 15) is 9.59 Å². The Balaban J connectivity index is 1.98. The summed E-state index contributed by atoms with van der Waals surface area (Å²) in [4.78, 5) is 25.5. The summed E-state index contributed by atoms with van der Waals surface area (Å²) < 4.78 is 10.4. The highest BCUT2D eigenvalue weighted by atomic mass is 16.5. The van der Waals surface area contributed by atoms with E-state index in [1.165, 1.54) is 0 Å². The van der Waals surface area contributed by atoms with Gasteiger partial charge in [0.05, 0.1) is 32.4 Å². The van der Waals surface area contributed by atoms with E-state index in [0.717, 1.165) is 19.4 Å². The molecule has 7 nitrogen and oxygen atoms in total. The molecule has 1 aliphatic heterocycles. The second-order valence-corrected chi connectivity index (χ2v) is 5.59. The Hall–Kier alpha value is -2.28. The zero-order chi connectivity index (χ0) is 16.8. The number of carbonyl (C=O) groups excluding carboxylic acids is 2. The topological polar surface area (TPSA) is 93.9 Å². The van der Waals surface area contributed by atoms with Gasteiger partial charge < -0.3 is 20.5 Å². The van der Waals surface area contributed by atoms with Crippen molar-refractivity contribution in [2.24, 2.45) is 11.7 Å². The molecule has 1 aromatic rings. The Labute approximate surface area is 135 Å². The predicted octanol–water partition coefficient (Wildman–Crippen LogP) is 0.840. The van der Waals surface area contributed by atoms with Gasteiger partial charge in [-0.3, -0.25) is 14.5 Å². The fraction of sp³-hybridized carbons (Fsp3) is 0.500. The van der Waals surface area contributed by atoms with Crippen LogP contribution >= 0.6 is 0 Å². The minimum absolute atomic E-state index is 0.165. The highest BCUT2D eigenvalue weighted by molar-refractivity contribution is 5.94. The van der Waals surface area contributed by atoms with Gasteiger partial charge in [-0.1, -0.05) is 0 Å². The predicted molar refractivity (Wildman–Crippen MR) is 86.5 cm³/mol. The van der Waals surface area contributed by atoms with Gasteiger partial charge in [-0.05, 0) is 31.5 Å². The number of rotatable bonds is 6. The molecule has 0 aromatic heterocycles. The fourth-order valence-electron chi connectivity index (χ4n) is 2.74. The Morgan fingerprint density at radius 2 is 2.13 bits per heavy atom. The number of amides is 2. The molecule has 1 atom stereocenters. The fourth-order valence-corrected chi connectivity index (χ4v) is 2.74. The van der Waals surface area contributed by atoms with Crippen LogP contribution < -0.4 is 20.5 Å². The first kappa shape index (κ1) is 17.1. The number of benzene rings is 1. The number of carbonyl (C=O) groups is 2. The largest absolute Gasteiger partial charge is 0.497 e. The summed E-state index contributed by atoms with van der Waals surface area (Å²) in [6.45, 7) is 1.52. The van der Waals surface area contributed by atoms with Crippen LogP contribution in [0.4, 0.5) is 5.69 Å². The van der Waals surface area contributed by atoms with Crippen LogP contribution in [0.15, 0.2) is 18.2 Å². The maximum atomic E-state index is 12.3. The number of methoxy groups -OCH3 is 2. The lowest BCUT2D eigenvalue weighted by Gasteiger charge is -2.30. The number of hydrogen-bond donors (Lipinski definition) is 2. The molecule has 1 heterocycles. The highest BCUT2D eigenvalue weighted by Gasteiger charge is 2.25. The molecule has 23 heavy (non-hydrogen) atoms. The van der Waals surface area contributed by atoms with Gasteiger partial charge in [0.25, 0.3) is 0 Å². The van der Waals surface area contributed by atoms with Crippen molar-refractivity contribution in [1.29, 1.82) is 0 Å². The third-order valence-electron chi connectivity index (χ3n) is 3.96. The zero-order valence-corrected chi connectivity index (χ0v) is 13.5. The van der Waals surface area contributed by atoms with Gasteiger partial charge in [0, 0.05) is 12.6 Å². The molecular weight excluding hydrogens is 298 g/mol. The molecule has 0 bridgehead atoms. The van der Waals surface area contributed by atoms with Crippen molar-refractivity contribution >= 4 is 17.5 Å². The van der Waals surface area contributed by atoms with Gasteiger partial charge in [0.1, 0.15) is 11.5 Å². The number of primary amides is 1. The second kappa shape index (κ2) is 7.82. The molecule has 0 aliphatic carbocycles. The third-order valence-corrected chi connectivity index (χ3v) is 3.96. The molecule has 0 spiro atoms. The highest BCUT2D eigenvalue weighted by Crippen LogP contribution is 2.28. The lowest BCUT2D eigenvalue weighted by molar-refractivity contribution is -0.125. The quantitative estimate of drug-likeness (QED) is 0.810. The Morgan fingerprint density at radius 3 is 2.78 bits per heavy atom. The van der Waals surface area contributed by atoms with Crippen LogP contribution in [-0.4, -0.2) is 50.6 Å². The van der Waals surface area contributed by atoms with E-state index in [2.05, 4.69) is 5.32 Å². The Morgan fingerprint density at radius 1 is 1.35 bits per heavy atom. The molecule has 1 aromatic carbocycles. The van der Waals surface area contributed by atoms with Gasteiger partial charge in [-0.15, -0.1) is 0 Å². The SMILES string of the molecule is COc1ccc(OC)c(NC(=O)CN2CCC[C@H](C(N)=O)C2)c1. The molecule has 2 amide bonds. The summed E-state index contributed by atoms with van der Waals surface area (Å²) in [5.41, 5.74) is 5.91. The molecule has 1 fully saturated rings. The van der Waals surface area contributed by atoms with E-state index in [1.807, 2.05) is 4.90 Å². The molecule has 126 valence electrons. The second-order valence-electron chi connectivity index (χ2n) is 5.59. The normalized spacial score (nSPS) is 18.3. The third kappa shape index (κ3) is 4.59. The summed E-state index contributed by atoms with van der Waals surface area (Å²) >= 11 is 0. The number of piperidine rings is 1. The van der Waals surface area contributed by atoms with E-state index in [1.54, 1.807) is 32.4 Å². The van der Waals surface area contributed by atoms with E-state index >= 15 is 0 Å². The molecule has 0 saturated carbocycles. The van der Waals surface area contributed by atoms with Crippen molar-refractivity contribution in [3.05, 3.63) is 18.2 Å². The monoisotopic (exact) mass is 321 g/mol. The number of likely N-dealkylation sites (tertiary alicyclic amines) is 1. The van der Waals surface area contributed by atoms with Crippen molar-refractivity contribution < 1.29 is 19.1 Å². The van der Waals surface area contributed by atoms with E-state index in [4.69, 9.17) is 15.2 Å². The van der Waals surface area contributed by atoms with Crippen LogP contribution in [0.1, 0.15) is 12.8 Å². The Kier molecular flexibility index (Phi) is 5.81. The zero-order valence-electron chi connectivity index (χ0n) is 13.5. The number of nitrogens with one attached hydrogen (secondary N) is 1. The molecule has 0 radical (unpaired) electrons. The minimum atomic E-state index is -0.301. The summed E-state index contributed by atoms with van der Waals surface area (Å²) in [7, 11) is 3.10. The standard InChI is InChI=1S/C16H23N3O4/c1-22-12-5-6-14(23-2)13(8-12)18-15(20)10-19-7-3-4-11(9-19)16(17)21/h5-6,8,11H,3-4,7,9-10H2,1-2H3,(H2,17,21)(H,18,20)/t11-/m0/s1. The van der Waals surface area contributed by atoms with E-state index in [-0.39, 0.29) is 24.3 Å². The summed E-state index contributed by atoms with van der Waals surface area (Å²) in [6, 6.07) is 5.20. The van der Waals surface area contributed by atoms with Crippen molar-refractivity contribution in [3.63, 3.8) is 0 Å². The smallest absolute Gasteiger partial charge is 0.238 e. The van der Waals surface area contributed by atoms with Gasteiger partial charge in [-0.25, -0.2) is 0 Å². The summed E-state index contributed by atoms with van der Waals surface area (Å²) in [5, 5.41) is 2.83. The lowest BCUT2D eigenvalue weighted by atomic mass is 9.97. The molecule has 1 aliphatic rings. The van der Waals surface area contributed by atoms with Crippen LogP contribution in [-0.2, 0) is 9.59 Å².